The second-order valence-electron chi connectivity index (χ2n) is 9.18. The molecule has 2 heterocycles. The van der Waals surface area contributed by atoms with Crippen molar-refractivity contribution in [1.82, 2.24) is 9.88 Å². The molecule has 2 aromatic heterocycles. The number of amides is 1. The zero-order valence-corrected chi connectivity index (χ0v) is 21.2. The average Bonchev–Trinajstić information content (AvgIpc) is 3.50. The lowest BCUT2D eigenvalue weighted by Gasteiger charge is -2.31. The smallest absolute Gasteiger partial charge is 0.275 e. The summed E-state index contributed by atoms with van der Waals surface area (Å²) in [4.78, 5) is 45.2. The standard InChI is InChI=1S/C26H29N3O3S2/c1-16-4-6-18(7-5-16)25(31)24(29(2)3)20-12-22(34-23(20)13-30)17-8-10-19(11-9-17)28-26(32)21-14-33-15-27-21/h8-16,18,24H,4-7H2,1-3H3,(H,28,32)/t16-,18-,24?. The van der Waals surface area contributed by atoms with E-state index < -0.39 is 6.04 Å². The van der Waals surface area contributed by atoms with Crippen molar-refractivity contribution in [3.05, 3.63) is 57.4 Å². The van der Waals surface area contributed by atoms with E-state index in [4.69, 9.17) is 0 Å². The summed E-state index contributed by atoms with van der Waals surface area (Å²) in [6.45, 7) is 2.25. The van der Waals surface area contributed by atoms with Gasteiger partial charge in [-0.1, -0.05) is 31.9 Å². The van der Waals surface area contributed by atoms with Gasteiger partial charge in [-0.05, 0) is 62.2 Å². The molecule has 1 aromatic carbocycles. The van der Waals surface area contributed by atoms with E-state index in [0.717, 1.165) is 48.0 Å². The number of ketones is 1. The van der Waals surface area contributed by atoms with Crippen LogP contribution in [0.25, 0.3) is 10.4 Å². The summed E-state index contributed by atoms with van der Waals surface area (Å²) < 4.78 is 0. The number of aromatic nitrogens is 1. The van der Waals surface area contributed by atoms with Crippen LogP contribution in [0.3, 0.4) is 0 Å². The van der Waals surface area contributed by atoms with Crippen molar-refractivity contribution in [2.75, 3.05) is 19.4 Å². The highest BCUT2D eigenvalue weighted by atomic mass is 32.1. The highest BCUT2D eigenvalue weighted by Gasteiger charge is 2.34. The maximum atomic E-state index is 13.5. The molecule has 8 heteroatoms. The molecule has 3 aromatic rings. The maximum Gasteiger partial charge on any atom is 0.275 e. The molecule has 0 spiro atoms. The van der Waals surface area contributed by atoms with Crippen molar-refractivity contribution in [1.29, 1.82) is 0 Å². The molecule has 0 aliphatic heterocycles. The lowest BCUT2D eigenvalue weighted by molar-refractivity contribution is -0.128. The summed E-state index contributed by atoms with van der Waals surface area (Å²) in [5.41, 5.74) is 4.39. The number of aldehydes is 1. The van der Waals surface area contributed by atoms with E-state index in [1.54, 1.807) is 10.9 Å². The Bertz CT molecular complexity index is 1140. The third-order valence-corrected chi connectivity index (χ3v) is 8.20. The highest BCUT2D eigenvalue weighted by Crippen LogP contribution is 2.39. The van der Waals surface area contributed by atoms with Crippen LogP contribution in [-0.2, 0) is 4.79 Å². The van der Waals surface area contributed by atoms with E-state index in [0.29, 0.717) is 22.2 Å². The molecular weight excluding hydrogens is 466 g/mol. The van der Waals surface area contributed by atoms with Crippen LogP contribution in [0.15, 0.2) is 41.2 Å². The van der Waals surface area contributed by atoms with E-state index in [1.807, 2.05) is 49.3 Å². The molecule has 0 radical (unpaired) electrons. The number of nitrogens with zero attached hydrogens (tertiary/aromatic N) is 2. The van der Waals surface area contributed by atoms with Crippen molar-refractivity contribution >= 4 is 46.3 Å². The highest BCUT2D eigenvalue weighted by molar-refractivity contribution is 7.17. The number of carbonyl (C=O) groups is 3. The fourth-order valence-electron chi connectivity index (χ4n) is 4.56. The van der Waals surface area contributed by atoms with Crippen LogP contribution >= 0.6 is 22.7 Å². The van der Waals surface area contributed by atoms with Crippen LogP contribution in [0.5, 0.6) is 0 Å². The molecule has 4 rings (SSSR count). The number of hydrogen-bond donors (Lipinski definition) is 1. The minimum absolute atomic E-state index is 0.0482. The third-order valence-electron chi connectivity index (χ3n) is 6.49. The van der Waals surface area contributed by atoms with Crippen molar-refractivity contribution < 1.29 is 14.4 Å². The lowest BCUT2D eigenvalue weighted by atomic mass is 9.78. The summed E-state index contributed by atoms with van der Waals surface area (Å²) in [5, 5.41) is 4.54. The number of hydrogen-bond acceptors (Lipinski definition) is 7. The van der Waals surface area contributed by atoms with Gasteiger partial charge in [0.15, 0.2) is 12.1 Å². The van der Waals surface area contributed by atoms with Gasteiger partial charge in [0.1, 0.15) is 5.69 Å². The number of nitrogens with one attached hydrogen (secondary N) is 1. The fraction of sp³-hybridized carbons (Fsp3) is 0.385. The van der Waals surface area contributed by atoms with Crippen LogP contribution in [0.4, 0.5) is 5.69 Å². The van der Waals surface area contributed by atoms with Gasteiger partial charge in [0.2, 0.25) is 0 Å². The number of carbonyl (C=O) groups excluding carboxylic acids is 3. The zero-order chi connectivity index (χ0) is 24.2. The maximum absolute atomic E-state index is 13.5. The second-order valence-corrected chi connectivity index (χ2v) is 11.0. The Balaban J connectivity index is 1.55. The molecule has 1 atom stereocenters. The van der Waals surface area contributed by atoms with Crippen LogP contribution in [-0.4, -0.2) is 42.0 Å². The monoisotopic (exact) mass is 495 g/mol. The average molecular weight is 496 g/mol. The number of thiazole rings is 1. The molecule has 6 nitrogen and oxygen atoms in total. The SMILES string of the molecule is CN(C)C(c1cc(-c2ccc(NC(=O)c3cscn3)cc2)sc1C=O)C(=O)[C@H]1CC[C@H](C)CC1. The number of benzene rings is 1. The summed E-state index contributed by atoms with van der Waals surface area (Å²) in [6, 6.07) is 9.03. The summed E-state index contributed by atoms with van der Waals surface area (Å²) in [5.74, 6) is 0.686. The Hall–Kier alpha value is -2.68. The predicted octanol–water partition coefficient (Wildman–Crippen LogP) is 5.93. The summed E-state index contributed by atoms with van der Waals surface area (Å²) in [7, 11) is 3.81. The van der Waals surface area contributed by atoms with Crippen molar-refractivity contribution in [2.24, 2.45) is 11.8 Å². The topological polar surface area (TPSA) is 79.4 Å². The number of likely N-dealkylation sites (N-methyl/N-ethyl adjacent to an activating group) is 1. The lowest BCUT2D eigenvalue weighted by Crippen LogP contribution is -2.34. The Morgan fingerprint density at radius 1 is 1.15 bits per heavy atom. The molecule has 1 fully saturated rings. The molecule has 34 heavy (non-hydrogen) atoms. The predicted molar refractivity (Wildman–Crippen MR) is 138 cm³/mol. The Kier molecular flexibility index (Phi) is 7.70. The van der Waals surface area contributed by atoms with Gasteiger partial charge >= 0.3 is 0 Å². The number of thiophene rings is 1. The van der Waals surface area contributed by atoms with Crippen LogP contribution in [0, 0.1) is 11.8 Å². The van der Waals surface area contributed by atoms with E-state index >= 15 is 0 Å². The molecule has 1 amide bonds. The Morgan fingerprint density at radius 3 is 2.44 bits per heavy atom. The fourth-order valence-corrected chi connectivity index (χ4v) is 6.10. The van der Waals surface area contributed by atoms with Crippen LogP contribution in [0.2, 0.25) is 0 Å². The number of anilines is 1. The zero-order valence-electron chi connectivity index (χ0n) is 19.6. The molecule has 1 aliphatic rings. The van der Waals surface area contributed by atoms with E-state index in [9.17, 15) is 14.4 Å². The molecule has 0 bridgehead atoms. The molecular formula is C26H29N3O3S2. The number of Topliss-reactive ketones (excluding diaryl/α,β-unsaturated/α-hetero) is 1. The van der Waals surface area contributed by atoms with Gasteiger partial charge in [0.25, 0.3) is 5.91 Å². The molecule has 1 N–H and O–H groups in total. The van der Waals surface area contributed by atoms with Gasteiger partial charge < -0.3 is 5.32 Å². The van der Waals surface area contributed by atoms with Gasteiger partial charge in [-0.15, -0.1) is 22.7 Å². The first-order valence-electron chi connectivity index (χ1n) is 11.5. The van der Waals surface area contributed by atoms with Crippen LogP contribution < -0.4 is 5.32 Å². The van der Waals surface area contributed by atoms with Gasteiger partial charge in [0, 0.05) is 21.9 Å². The third kappa shape index (κ3) is 5.35. The van der Waals surface area contributed by atoms with Crippen molar-refractivity contribution in [3.8, 4) is 10.4 Å². The van der Waals surface area contributed by atoms with E-state index in [1.165, 1.54) is 22.7 Å². The van der Waals surface area contributed by atoms with E-state index in [2.05, 4.69) is 17.2 Å². The van der Waals surface area contributed by atoms with Crippen molar-refractivity contribution in [2.45, 2.75) is 38.6 Å². The van der Waals surface area contributed by atoms with Gasteiger partial charge in [-0.25, -0.2) is 4.98 Å². The number of rotatable bonds is 8. The molecule has 1 saturated carbocycles. The first-order chi connectivity index (χ1) is 16.4. The molecule has 178 valence electrons. The van der Waals surface area contributed by atoms with Crippen molar-refractivity contribution in [3.63, 3.8) is 0 Å². The minimum Gasteiger partial charge on any atom is -0.321 e. The first kappa shape index (κ1) is 24.4. The van der Waals surface area contributed by atoms with E-state index in [-0.39, 0.29) is 17.6 Å². The van der Waals surface area contributed by atoms with Gasteiger partial charge in [0.05, 0.1) is 16.4 Å². The first-order valence-corrected chi connectivity index (χ1v) is 13.2. The van der Waals surface area contributed by atoms with Gasteiger partial charge in [-0.2, -0.15) is 0 Å². The Morgan fingerprint density at radius 2 is 1.85 bits per heavy atom. The van der Waals surface area contributed by atoms with Crippen LogP contribution in [0.1, 0.15) is 64.4 Å². The normalized spacial score (nSPS) is 19.1. The Labute approximate surface area is 208 Å². The quantitative estimate of drug-likeness (QED) is 0.392. The van der Waals surface area contributed by atoms with Gasteiger partial charge in [-0.3, -0.25) is 19.3 Å². The largest absolute Gasteiger partial charge is 0.321 e. The summed E-state index contributed by atoms with van der Waals surface area (Å²) in [6.07, 6.45) is 4.87. The molecule has 1 aliphatic carbocycles. The molecule has 1 unspecified atom stereocenters. The summed E-state index contributed by atoms with van der Waals surface area (Å²) >= 11 is 2.77. The minimum atomic E-state index is -0.430. The molecule has 0 saturated heterocycles. The second kappa shape index (κ2) is 10.7.